The Kier molecular flexibility index (Phi) is 7.91. The van der Waals surface area contributed by atoms with E-state index in [1.54, 1.807) is 21.0 Å². The largest absolute Gasteiger partial charge is 0.631 e. The second-order valence-electron chi connectivity index (χ2n) is 5.55. The number of rotatable bonds is 5. The van der Waals surface area contributed by atoms with Crippen molar-refractivity contribution >= 4 is 7.32 Å². The van der Waals surface area contributed by atoms with Gasteiger partial charge in [0.2, 0.25) is 0 Å². The fourth-order valence-electron chi connectivity index (χ4n) is 1.16. The number of ether oxygens (including phenoxy) is 2. The number of benzene rings is 1. The maximum Gasteiger partial charge on any atom is 0.631 e. The van der Waals surface area contributed by atoms with E-state index in [1.807, 2.05) is 38.1 Å². The van der Waals surface area contributed by atoms with Crippen LogP contribution in [-0.2, 0) is 11.3 Å². The molecule has 0 atom stereocenters. The SMILES string of the molecule is COc1ccc(COC(C)(C)C(C)(C)O)cc1.OB(O)O. The molecule has 0 radical (unpaired) electrons. The Hall–Kier alpha value is -1.12. The van der Waals surface area contributed by atoms with Crippen molar-refractivity contribution in [2.75, 3.05) is 7.11 Å². The minimum Gasteiger partial charge on any atom is -0.497 e. The van der Waals surface area contributed by atoms with Crippen molar-refractivity contribution in [3.8, 4) is 5.75 Å². The second kappa shape index (κ2) is 8.36. The highest BCUT2D eigenvalue weighted by atomic mass is 16.5. The van der Waals surface area contributed by atoms with Crippen LogP contribution in [0.4, 0.5) is 0 Å². The minimum absolute atomic E-state index is 0.473. The van der Waals surface area contributed by atoms with Crippen LogP contribution in [0.3, 0.4) is 0 Å². The normalized spacial score (nSPS) is 11.5. The van der Waals surface area contributed by atoms with E-state index in [0.717, 1.165) is 11.3 Å². The van der Waals surface area contributed by atoms with Crippen LogP contribution < -0.4 is 4.74 Å². The van der Waals surface area contributed by atoms with Gasteiger partial charge in [-0.25, -0.2) is 0 Å². The van der Waals surface area contributed by atoms with Crippen LogP contribution in [0.2, 0.25) is 0 Å². The number of hydrogen-bond acceptors (Lipinski definition) is 6. The molecule has 1 aromatic rings. The van der Waals surface area contributed by atoms with Gasteiger partial charge < -0.3 is 29.7 Å². The Balaban J connectivity index is 0.000000885. The van der Waals surface area contributed by atoms with Crippen molar-refractivity contribution in [3.63, 3.8) is 0 Å². The van der Waals surface area contributed by atoms with Gasteiger partial charge in [-0.15, -0.1) is 0 Å². The molecule has 0 heterocycles. The third kappa shape index (κ3) is 8.04. The molecule has 120 valence electrons. The molecule has 7 heteroatoms. The summed E-state index contributed by atoms with van der Waals surface area (Å²) in [5.41, 5.74) is -0.407. The van der Waals surface area contributed by atoms with Crippen molar-refractivity contribution in [3.05, 3.63) is 29.8 Å². The van der Waals surface area contributed by atoms with Crippen molar-refractivity contribution in [1.29, 1.82) is 0 Å². The van der Waals surface area contributed by atoms with Gasteiger partial charge in [0.1, 0.15) is 5.75 Å². The molecule has 0 aliphatic heterocycles. The summed E-state index contributed by atoms with van der Waals surface area (Å²) in [6.45, 7) is 7.75. The van der Waals surface area contributed by atoms with E-state index >= 15 is 0 Å². The molecule has 0 amide bonds. The van der Waals surface area contributed by atoms with Crippen LogP contribution in [0.15, 0.2) is 24.3 Å². The van der Waals surface area contributed by atoms with Gasteiger partial charge in [0.05, 0.1) is 24.9 Å². The first-order chi connectivity index (χ1) is 9.49. The maximum absolute atomic E-state index is 9.96. The molecule has 0 fully saturated rings. The van der Waals surface area contributed by atoms with Gasteiger partial charge >= 0.3 is 7.32 Å². The maximum atomic E-state index is 9.96. The Labute approximate surface area is 126 Å². The third-order valence-electron chi connectivity index (χ3n) is 3.23. The lowest BCUT2D eigenvalue weighted by molar-refractivity contribution is -0.153. The Morgan fingerprint density at radius 3 is 1.76 bits per heavy atom. The third-order valence-corrected chi connectivity index (χ3v) is 3.23. The molecule has 0 saturated heterocycles. The second-order valence-corrected chi connectivity index (χ2v) is 5.55. The van der Waals surface area contributed by atoms with Gasteiger partial charge in [-0.2, -0.15) is 0 Å². The molecule has 0 aliphatic rings. The molecule has 0 aliphatic carbocycles. The standard InChI is InChI=1S/C14H22O3.BH3O3/c1-13(2,15)14(3,4)17-10-11-6-8-12(16-5)9-7-11;2-1(3)4/h6-9,15H,10H2,1-5H3;2-4H. The monoisotopic (exact) mass is 300 g/mol. The van der Waals surface area contributed by atoms with Crippen molar-refractivity contribution in [1.82, 2.24) is 0 Å². The zero-order valence-corrected chi connectivity index (χ0v) is 13.2. The lowest BCUT2D eigenvalue weighted by Crippen LogP contribution is -2.47. The van der Waals surface area contributed by atoms with E-state index in [4.69, 9.17) is 24.5 Å². The van der Waals surface area contributed by atoms with Gasteiger partial charge in [-0.1, -0.05) is 12.1 Å². The van der Waals surface area contributed by atoms with Gasteiger partial charge in [0.15, 0.2) is 0 Å². The first-order valence-corrected chi connectivity index (χ1v) is 6.53. The van der Waals surface area contributed by atoms with E-state index in [2.05, 4.69) is 0 Å². The molecule has 1 rings (SSSR count). The first kappa shape index (κ1) is 19.9. The quantitative estimate of drug-likeness (QED) is 0.598. The molecule has 21 heavy (non-hydrogen) atoms. The van der Waals surface area contributed by atoms with Gasteiger partial charge in [0, 0.05) is 0 Å². The molecular formula is C14H25BO6. The average Bonchev–Trinajstić information content (AvgIpc) is 2.35. The molecule has 0 spiro atoms. The summed E-state index contributed by atoms with van der Waals surface area (Å²) in [5.74, 6) is 0.829. The predicted molar refractivity (Wildman–Crippen MR) is 80.6 cm³/mol. The Morgan fingerprint density at radius 1 is 1.00 bits per heavy atom. The summed E-state index contributed by atoms with van der Waals surface area (Å²) in [7, 11) is -0.525. The fourth-order valence-corrected chi connectivity index (χ4v) is 1.16. The van der Waals surface area contributed by atoms with Crippen LogP contribution in [0.25, 0.3) is 0 Å². The summed E-state index contributed by atoms with van der Waals surface area (Å²) in [4.78, 5) is 0. The highest BCUT2D eigenvalue weighted by Crippen LogP contribution is 2.26. The van der Waals surface area contributed by atoms with E-state index in [-0.39, 0.29) is 0 Å². The zero-order valence-electron chi connectivity index (χ0n) is 13.2. The molecule has 0 aromatic heterocycles. The summed E-state index contributed by atoms with van der Waals surface area (Å²) in [6.07, 6.45) is 0. The summed E-state index contributed by atoms with van der Waals surface area (Å²) in [5, 5.41) is 31.5. The average molecular weight is 300 g/mol. The van der Waals surface area contributed by atoms with Gasteiger partial charge in [-0.3, -0.25) is 0 Å². The molecule has 0 saturated carbocycles. The minimum atomic E-state index is -2.17. The van der Waals surface area contributed by atoms with E-state index in [0.29, 0.717) is 6.61 Å². The highest BCUT2D eigenvalue weighted by Gasteiger charge is 2.35. The Bertz CT molecular complexity index is 394. The zero-order chi connectivity index (χ0) is 16.7. The van der Waals surface area contributed by atoms with Gasteiger partial charge in [-0.05, 0) is 45.4 Å². The number of aliphatic hydroxyl groups is 1. The van der Waals surface area contributed by atoms with Crippen molar-refractivity contribution in [2.24, 2.45) is 0 Å². The fraction of sp³-hybridized carbons (Fsp3) is 0.571. The van der Waals surface area contributed by atoms with Crippen molar-refractivity contribution < 1.29 is 29.7 Å². The molecule has 1 aromatic carbocycles. The van der Waals surface area contributed by atoms with E-state index < -0.39 is 18.5 Å². The van der Waals surface area contributed by atoms with E-state index in [9.17, 15) is 5.11 Å². The molecule has 4 N–H and O–H groups in total. The van der Waals surface area contributed by atoms with Crippen LogP contribution in [0, 0.1) is 0 Å². The highest BCUT2D eigenvalue weighted by molar-refractivity contribution is 6.30. The smallest absolute Gasteiger partial charge is 0.497 e. The van der Waals surface area contributed by atoms with Gasteiger partial charge in [0.25, 0.3) is 0 Å². The topological polar surface area (TPSA) is 99.4 Å². The van der Waals surface area contributed by atoms with E-state index in [1.165, 1.54) is 0 Å². The molecule has 0 bridgehead atoms. The number of hydrogen-bond donors (Lipinski definition) is 4. The lowest BCUT2D eigenvalue weighted by atomic mass is 9.89. The predicted octanol–water partition coefficient (Wildman–Crippen LogP) is 0.709. The van der Waals surface area contributed by atoms with Crippen LogP contribution in [0.5, 0.6) is 5.75 Å². The molecule has 0 unspecified atom stereocenters. The first-order valence-electron chi connectivity index (χ1n) is 6.53. The van der Waals surface area contributed by atoms with Crippen LogP contribution in [-0.4, -0.2) is 45.8 Å². The van der Waals surface area contributed by atoms with Crippen LogP contribution in [0.1, 0.15) is 33.3 Å². The summed E-state index contributed by atoms with van der Waals surface area (Å²) >= 11 is 0. The lowest BCUT2D eigenvalue weighted by Gasteiger charge is -2.37. The molecule has 6 nitrogen and oxygen atoms in total. The Morgan fingerprint density at radius 2 is 1.43 bits per heavy atom. The molecular weight excluding hydrogens is 275 g/mol. The summed E-state index contributed by atoms with van der Waals surface area (Å²) < 4.78 is 10.9. The van der Waals surface area contributed by atoms with Crippen molar-refractivity contribution in [2.45, 2.75) is 45.5 Å². The summed E-state index contributed by atoms with van der Waals surface area (Å²) in [6, 6.07) is 7.71. The van der Waals surface area contributed by atoms with Crippen LogP contribution >= 0.6 is 0 Å². The number of methoxy groups -OCH3 is 1.